The van der Waals surface area contributed by atoms with Gasteiger partial charge in [0, 0.05) is 5.39 Å². The molecule has 0 amide bonds. The highest BCUT2D eigenvalue weighted by Gasteiger charge is 2.31. The Hall–Kier alpha value is -2.56. The summed E-state index contributed by atoms with van der Waals surface area (Å²) in [6.07, 6.45) is -4.75. The van der Waals surface area contributed by atoms with E-state index in [9.17, 15) is 17.6 Å². The van der Waals surface area contributed by atoms with E-state index in [1.807, 2.05) is 0 Å². The normalized spacial score (nSPS) is 11.6. The Labute approximate surface area is 123 Å². The van der Waals surface area contributed by atoms with Crippen molar-refractivity contribution < 1.29 is 22.3 Å². The lowest BCUT2D eigenvalue weighted by Crippen LogP contribution is -2.17. The third-order valence-electron chi connectivity index (χ3n) is 3.25. The van der Waals surface area contributed by atoms with E-state index in [2.05, 4.69) is 4.74 Å². The molecule has 3 rings (SSSR count). The average molecular weight is 306 g/mol. The number of halogens is 4. The first-order valence-corrected chi connectivity index (χ1v) is 6.47. The Morgan fingerprint density at radius 3 is 2.23 bits per heavy atom. The van der Waals surface area contributed by atoms with Gasteiger partial charge in [-0.25, -0.2) is 4.39 Å². The van der Waals surface area contributed by atoms with Crippen molar-refractivity contribution >= 4 is 10.8 Å². The summed E-state index contributed by atoms with van der Waals surface area (Å²) in [6.45, 7) is 0. The lowest BCUT2D eigenvalue weighted by molar-refractivity contribution is -0.274. The summed E-state index contributed by atoms with van der Waals surface area (Å²) < 4.78 is 54.7. The van der Waals surface area contributed by atoms with Crippen molar-refractivity contribution in [1.29, 1.82) is 0 Å². The molecule has 3 aromatic rings. The van der Waals surface area contributed by atoms with Crippen LogP contribution in [-0.4, -0.2) is 6.36 Å². The van der Waals surface area contributed by atoms with Crippen LogP contribution in [0.4, 0.5) is 17.6 Å². The number of alkyl halides is 3. The summed E-state index contributed by atoms with van der Waals surface area (Å²) in [6, 6.07) is 15.3. The number of rotatable bonds is 2. The molecule has 0 bridgehead atoms. The molecule has 0 saturated heterocycles. The summed E-state index contributed by atoms with van der Waals surface area (Å²) >= 11 is 0. The van der Waals surface area contributed by atoms with E-state index >= 15 is 0 Å². The smallest absolute Gasteiger partial charge is 0.406 e. The molecule has 0 aliphatic heterocycles. The number of ether oxygens (including phenoxy) is 1. The van der Waals surface area contributed by atoms with Gasteiger partial charge in [0.05, 0.1) is 0 Å². The van der Waals surface area contributed by atoms with Gasteiger partial charge in [0.2, 0.25) is 0 Å². The highest BCUT2D eigenvalue weighted by molar-refractivity contribution is 5.97. The summed E-state index contributed by atoms with van der Waals surface area (Å²) in [4.78, 5) is 0. The van der Waals surface area contributed by atoms with Crippen LogP contribution in [0, 0.1) is 5.82 Å². The molecule has 0 aliphatic rings. The van der Waals surface area contributed by atoms with E-state index in [1.54, 1.807) is 36.4 Å². The first-order valence-electron chi connectivity index (χ1n) is 6.47. The molecule has 5 heteroatoms. The van der Waals surface area contributed by atoms with Crippen LogP contribution in [0.3, 0.4) is 0 Å². The molecule has 0 atom stereocenters. The highest BCUT2D eigenvalue weighted by atomic mass is 19.4. The summed E-state index contributed by atoms with van der Waals surface area (Å²) in [7, 11) is 0. The van der Waals surface area contributed by atoms with E-state index < -0.39 is 6.36 Å². The third-order valence-corrected chi connectivity index (χ3v) is 3.25. The number of fused-ring (bicyclic) bond motifs is 1. The zero-order chi connectivity index (χ0) is 15.7. The Morgan fingerprint density at radius 2 is 1.50 bits per heavy atom. The van der Waals surface area contributed by atoms with Gasteiger partial charge in [-0.15, -0.1) is 13.2 Å². The zero-order valence-corrected chi connectivity index (χ0v) is 11.2. The van der Waals surface area contributed by atoms with Crippen molar-refractivity contribution in [2.75, 3.05) is 0 Å². The van der Waals surface area contributed by atoms with Crippen LogP contribution in [0.25, 0.3) is 21.9 Å². The van der Waals surface area contributed by atoms with Gasteiger partial charge in [0.15, 0.2) is 0 Å². The van der Waals surface area contributed by atoms with Crippen LogP contribution < -0.4 is 4.74 Å². The molecule has 3 aromatic carbocycles. The van der Waals surface area contributed by atoms with Crippen molar-refractivity contribution in [2.45, 2.75) is 6.36 Å². The second kappa shape index (κ2) is 5.33. The SMILES string of the molecule is Fc1ccc(-c2cccc(OC(F)(F)F)c2)c2ccccc12. The Morgan fingerprint density at radius 1 is 0.773 bits per heavy atom. The van der Waals surface area contributed by atoms with Gasteiger partial charge in [-0.1, -0.05) is 42.5 Å². The minimum Gasteiger partial charge on any atom is -0.406 e. The van der Waals surface area contributed by atoms with E-state index in [-0.39, 0.29) is 11.6 Å². The monoisotopic (exact) mass is 306 g/mol. The first-order chi connectivity index (χ1) is 10.4. The molecular formula is C17H10F4O. The standard InChI is InChI=1S/C17H10F4O/c18-16-9-8-13(14-6-1-2-7-15(14)16)11-4-3-5-12(10-11)22-17(19,20)21/h1-10H. The number of benzene rings is 3. The molecule has 0 fully saturated rings. The molecule has 1 nitrogen and oxygen atoms in total. The van der Waals surface area contributed by atoms with Crippen LogP contribution >= 0.6 is 0 Å². The highest BCUT2D eigenvalue weighted by Crippen LogP contribution is 2.33. The van der Waals surface area contributed by atoms with Crippen LogP contribution in [0.15, 0.2) is 60.7 Å². The lowest BCUT2D eigenvalue weighted by atomic mass is 9.98. The molecule has 0 unspecified atom stereocenters. The Balaban J connectivity index is 2.12. The van der Waals surface area contributed by atoms with E-state index in [0.717, 1.165) is 0 Å². The maximum atomic E-state index is 13.8. The largest absolute Gasteiger partial charge is 0.573 e. The molecule has 0 saturated carbocycles. The van der Waals surface area contributed by atoms with Crippen molar-refractivity contribution in [3.63, 3.8) is 0 Å². The molecule has 0 aliphatic carbocycles. The Kier molecular flexibility index (Phi) is 3.48. The van der Waals surface area contributed by atoms with Crippen molar-refractivity contribution in [1.82, 2.24) is 0 Å². The molecule has 22 heavy (non-hydrogen) atoms. The fourth-order valence-corrected chi connectivity index (χ4v) is 2.37. The summed E-state index contributed by atoms with van der Waals surface area (Å²) in [5.41, 5.74) is 1.17. The van der Waals surface area contributed by atoms with Gasteiger partial charge in [0.25, 0.3) is 0 Å². The van der Waals surface area contributed by atoms with Crippen LogP contribution in [0.2, 0.25) is 0 Å². The van der Waals surface area contributed by atoms with E-state index in [4.69, 9.17) is 0 Å². The molecule has 0 N–H and O–H groups in total. The number of hydrogen-bond donors (Lipinski definition) is 0. The summed E-state index contributed by atoms with van der Waals surface area (Å²) in [5, 5.41) is 1.05. The van der Waals surface area contributed by atoms with Gasteiger partial charge >= 0.3 is 6.36 Å². The fourth-order valence-electron chi connectivity index (χ4n) is 2.37. The van der Waals surface area contributed by atoms with Crippen molar-refractivity contribution in [2.24, 2.45) is 0 Å². The molecule has 0 heterocycles. The van der Waals surface area contributed by atoms with Crippen molar-refractivity contribution in [3.8, 4) is 16.9 Å². The van der Waals surface area contributed by atoms with Crippen LogP contribution in [0.5, 0.6) is 5.75 Å². The molecule has 0 aromatic heterocycles. The van der Waals surface area contributed by atoms with E-state index in [0.29, 0.717) is 21.9 Å². The van der Waals surface area contributed by atoms with Gasteiger partial charge in [-0.2, -0.15) is 0 Å². The molecule has 112 valence electrons. The van der Waals surface area contributed by atoms with Crippen molar-refractivity contribution in [3.05, 3.63) is 66.5 Å². The maximum absolute atomic E-state index is 13.8. The van der Waals surface area contributed by atoms with Gasteiger partial charge < -0.3 is 4.74 Å². The molecule has 0 spiro atoms. The summed E-state index contributed by atoms with van der Waals surface area (Å²) in [5.74, 6) is -0.680. The predicted molar refractivity (Wildman–Crippen MR) is 76.0 cm³/mol. The van der Waals surface area contributed by atoms with Gasteiger partial charge in [-0.05, 0) is 34.7 Å². The van der Waals surface area contributed by atoms with Gasteiger partial charge in [-0.3, -0.25) is 0 Å². The quantitative estimate of drug-likeness (QED) is 0.564. The zero-order valence-electron chi connectivity index (χ0n) is 11.2. The predicted octanol–water partition coefficient (Wildman–Crippen LogP) is 5.54. The fraction of sp³-hybridized carbons (Fsp3) is 0.0588. The second-order valence-corrected chi connectivity index (χ2v) is 4.72. The topological polar surface area (TPSA) is 9.23 Å². The Bertz CT molecular complexity index is 824. The first kappa shape index (κ1) is 14.4. The third kappa shape index (κ3) is 2.88. The van der Waals surface area contributed by atoms with E-state index in [1.165, 1.54) is 24.3 Å². The minimum absolute atomic E-state index is 0.307. The molecular weight excluding hydrogens is 296 g/mol. The average Bonchev–Trinajstić information content (AvgIpc) is 2.46. The molecule has 0 radical (unpaired) electrons. The number of hydrogen-bond acceptors (Lipinski definition) is 1. The minimum atomic E-state index is -4.75. The lowest BCUT2D eigenvalue weighted by Gasteiger charge is -2.11. The second-order valence-electron chi connectivity index (χ2n) is 4.72. The maximum Gasteiger partial charge on any atom is 0.573 e. The van der Waals surface area contributed by atoms with Gasteiger partial charge in [0.1, 0.15) is 11.6 Å². The van der Waals surface area contributed by atoms with Crippen LogP contribution in [0.1, 0.15) is 0 Å². The van der Waals surface area contributed by atoms with Crippen LogP contribution in [-0.2, 0) is 0 Å².